The first-order chi connectivity index (χ1) is 13.0. The number of benzene rings is 1. The van der Waals surface area contributed by atoms with E-state index in [2.05, 4.69) is 4.74 Å². The minimum absolute atomic E-state index is 0.0700. The molecule has 152 valence electrons. The van der Waals surface area contributed by atoms with Crippen molar-refractivity contribution in [3.05, 3.63) is 40.2 Å². The van der Waals surface area contributed by atoms with E-state index in [0.29, 0.717) is 0 Å². The Hall–Kier alpha value is -2.67. The molecule has 1 aromatic carbocycles. The molecule has 0 saturated carbocycles. The Morgan fingerprint density at radius 1 is 1.25 bits per heavy atom. The predicted octanol–water partition coefficient (Wildman–Crippen LogP) is 0.210. The number of aliphatic hydroxyl groups is 3. The van der Waals surface area contributed by atoms with Crippen LogP contribution in [0.4, 0.5) is 13.2 Å². The second-order valence-corrected chi connectivity index (χ2v) is 6.04. The molecule has 28 heavy (non-hydrogen) atoms. The molecule has 3 rings (SSSR count). The molecular formula is C16H14F3NO8. The summed E-state index contributed by atoms with van der Waals surface area (Å²) in [4.78, 5) is 23.8. The van der Waals surface area contributed by atoms with Crippen LogP contribution in [0.1, 0.15) is 16.6 Å². The van der Waals surface area contributed by atoms with Gasteiger partial charge in [0, 0.05) is 6.20 Å². The van der Waals surface area contributed by atoms with E-state index in [1.165, 1.54) is 0 Å². The molecule has 0 bridgehead atoms. The molecule has 12 heteroatoms. The number of hydrogen-bond acceptors (Lipinski definition) is 7. The molecule has 4 N–H and O–H groups in total. The second kappa shape index (κ2) is 7.05. The highest BCUT2D eigenvalue weighted by Crippen LogP contribution is 2.33. The molecule has 1 aliphatic rings. The van der Waals surface area contributed by atoms with Gasteiger partial charge in [-0.25, -0.2) is 4.79 Å². The molecule has 1 aliphatic heterocycles. The van der Waals surface area contributed by atoms with Crippen LogP contribution >= 0.6 is 0 Å². The number of aromatic nitrogens is 1. The van der Waals surface area contributed by atoms with Crippen molar-refractivity contribution in [2.45, 2.75) is 30.9 Å². The first-order valence-electron chi connectivity index (χ1n) is 7.84. The van der Waals surface area contributed by atoms with E-state index in [9.17, 15) is 43.2 Å². The van der Waals surface area contributed by atoms with Gasteiger partial charge in [0.25, 0.3) is 0 Å². The van der Waals surface area contributed by atoms with Crippen LogP contribution < -0.4 is 10.2 Å². The fraction of sp³-hybridized carbons (Fsp3) is 0.375. The van der Waals surface area contributed by atoms with Crippen LogP contribution in [0.15, 0.2) is 29.2 Å². The standard InChI is InChI=1S/C16H14F3NO8/c17-16(18,19)28-6-1-2-9-7(3-6)11(22)8(15(25)26)4-20(9)14-13(24)12(23)10(5-21)27-14/h1-4,10,12-14,21,23-24H,5H2,(H,25,26)/t10-,12-,13-,14-/m1/s1. The highest BCUT2D eigenvalue weighted by molar-refractivity contribution is 5.93. The van der Waals surface area contributed by atoms with Crippen LogP contribution in [-0.2, 0) is 4.74 Å². The van der Waals surface area contributed by atoms with E-state index in [-0.39, 0.29) is 5.52 Å². The van der Waals surface area contributed by atoms with Gasteiger partial charge in [-0.2, -0.15) is 0 Å². The number of pyridine rings is 1. The summed E-state index contributed by atoms with van der Waals surface area (Å²) in [6.07, 6.45) is -9.88. The summed E-state index contributed by atoms with van der Waals surface area (Å²) in [6.45, 7) is -0.651. The quantitative estimate of drug-likeness (QED) is 0.566. The molecule has 2 heterocycles. The fourth-order valence-corrected chi connectivity index (χ4v) is 3.00. The summed E-state index contributed by atoms with van der Waals surface area (Å²) < 4.78 is 47.4. The highest BCUT2D eigenvalue weighted by atomic mass is 19.4. The summed E-state index contributed by atoms with van der Waals surface area (Å²) in [5.41, 5.74) is -1.94. The summed E-state index contributed by atoms with van der Waals surface area (Å²) in [6, 6.07) is 2.67. The van der Waals surface area contributed by atoms with Gasteiger partial charge in [-0.1, -0.05) is 0 Å². The number of nitrogens with zero attached hydrogens (tertiary/aromatic N) is 1. The zero-order valence-corrected chi connectivity index (χ0v) is 13.8. The third-order valence-electron chi connectivity index (χ3n) is 4.26. The third-order valence-corrected chi connectivity index (χ3v) is 4.26. The van der Waals surface area contributed by atoms with Gasteiger partial charge in [0.05, 0.1) is 17.5 Å². The van der Waals surface area contributed by atoms with Crippen molar-refractivity contribution in [3.63, 3.8) is 0 Å². The van der Waals surface area contributed by atoms with Crippen LogP contribution in [0.5, 0.6) is 5.75 Å². The molecule has 0 spiro atoms. The average molecular weight is 405 g/mol. The number of aromatic carboxylic acids is 1. The molecule has 0 amide bonds. The smallest absolute Gasteiger partial charge is 0.477 e. The van der Waals surface area contributed by atoms with E-state index in [1.807, 2.05) is 0 Å². The maximum Gasteiger partial charge on any atom is 0.573 e. The molecule has 0 radical (unpaired) electrons. The van der Waals surface area contributed by atoms with Crippen molar-refractivity contribution >= 4 is 16.9 Å². The van der Waals surface area contributed by atoms with Crippen molar-refractivity contribution < 1.29 is 47.9 Å². The topological polar surface area (TPSA) is 138 Å². The van der Waals surface area contributed by atoms with Crippen molar-refractivity contribution in [1.29, 1.82) is 0 Å². The molecule has 0 aliphatic carbocycles. The Morgan fingerprint density at radius 2 is 1.93 bits per heavy atom. The number of hydrogen-bond donors (Lipinski definition) is 4. The molecule has 2 aromatic rings. The third kappa shape index (κ3) is 3.54. The van der Waals surface area contributed by atoms with Gasteiger partial charge >= 0.3 is 12.3 Å². The SMILES string of the molecule is O=C(O)c1cn([C@@H]2O[C@H](CO)[C@@H](O)[C@H]2O)c2ccc(OC(F)(F)F)cc2c1=O. The van der Waals surface area contributed by atoms with E-state index in [1.54, 1.807) is 0 Å². The molecule has 9 nitrogen and oxygen atoms in total. The number of fused-ring (bicyclic) bond motifs is 1. The normalized spacial score (nSPS) is 25.2. The lowest BCUT2D eigenvalue weighted by Gasteiger charge is -2.22. The number of carboxylic acid groups (broad SMARTS) is 1. The Morgan fingerprint density at radius 3 is 2.46 bits per heavy atom. The number of ether oxygens (including phenoxy) is 2. The minimum atomic E-state index is -5.03. The summed E-state index contributed by atoms with van der Waals surface area (Å²) in [5.74, 6) is -2.40. The predicted molar refractivity (Wildman–Crippen MR) is 84.9 cm³/mol. The number of rotatable bonds is 4. The lowest BCUT2D eigenvalue weighted by Crippen LogP contribution is -2.33. The highest BCUT2D eigenvalue weighted by Gasteiger charge is 2.43. The monoisotopic (exact) mass is 405 g/mol. The van der Waals surface area contributed by atoms with Gasteiger partial charge in [-0.05, 0) is 18.2 Å². The average Bonchev–Trinajstić information content (AvgIpc) is 2.89. The van der Waals surface area contributed by atoms with E-state index < -0.39 is 65.6 Å². The fourth-order valence-electron chi connectivity index (χ4n) is 3.00. The Bertz CT molecular complexity index is 973. The maximum atomic E-state index is 12.4. The van der Waals surface area contributed by atoms with Crippen molar-refractivity contribution in [1.82, 2.24) is 4.57 Å². The zero-order valence-electron chi connectivity index (χ0n) is 13.8. The molecule has 0 unspecified atom stereocenters. The van der Waals surface area contributed by atoms with Crippen molar-refractivity contribution in [2.24, 2.45) is 0 Å². The van der Waals surface area contributed by atoms with Crippen molar-refractivity contribution in [2.75, 3.05) is 6.61 Å². The first-order valence-corrected chi connectivity index (χ1v) is 7.84. The molecule has 4 atom stereocenters. The molecule has 1 aromatic heterocycles. The van der Waals surface area contributed by atoms with Crippen LogP contribution in [0.25, 0.3) is 10.9 Å². The van der Waals surface area contributed by atoms with Gasteiger partial charge in [0.2, 0.25) is 5.43 Å². The van der Waals surface area contributed by atoms with Crippen LogP contribution in [0.2, 0.25) is 0 Å². The number of halogens is 3. The van der Waals surface area contributed by atoms with E-state index in [4.69, 9.17) is 4.74 Å². The van der Waals surface area contributed by atoms with Gasteiger partial charge < -0.3 is 34.5 Å². The molecule has 1 fully saturated rings. The maximum absolute atomic E-state index is 12.4. The number of carboxylic acids is 1. The van der Waals surface area contributed by atoms with Gasteiger partial charge in [0.1, 0.15) is 29.6 Å². The Balaban J connectivity index is 2.21. The summed E-state index contributed by atoms with van der Waals surface area (Å²) in [7, 11) is 0. The van der Waals surface area contributed by atoms with Crippen LogP contribution in [0, 0.1) is 0 Å². The zero-order chi connectivity index (χ0) is 20.8. The van der Waals surface area contributed by atoms with Crippen LogP contribution in [0.3, 0.4) is 0 Å². The number of carbonyl (C=O) groups is 1. The molecular weight excluding hydrogens is 391 g/mol. The first kappa shape index (κ1) is 20.1. The lowest BCUT2D eigenvalue weighted by atomic mass is 10.1. The van der Waals surface area contributed by atoms with Crippen LogP contribution in [-0.4, -0.2) is 62.2 Å². The van der Waals surface area contributed by atoms with Crippen molar-refractivity contribution in [3.8, 4) is 5.75 Å². The van der Waals surface area contributed by atoms with Gasteiger partial charge in [0.15, 0.2) is 6.23 Å². The Kier molecular flexibility index (Phi) is 5.06. The van der Waals surface area contributed by atoms with Gasteiger partial charge in [-0.15, -0.1) is 13.2 Å². The number of alkyl halides is 3. The number of aliphatic hydroxyl groups excluding tert-OH is 3. The Labute approximate surface area is 153 Å². The molecule has 1 saturated heterocycles. The minimum Gasteiger partial charge on any atom is -0.477 e. The van der Waals surface area contributed by atoms with E-state index in [0.717, 1.165) is 29.0 Å². The lowest BCUT2D eigenvalue weighted by molar-refractivity contribution is -0.274. The summed E-state index contributed by atoms with van der Waals surface area (Å²) in [5, 5.41) is 38.1. The van der Waals surface area contributed by atoms with Gasteiger partial charge in [-0.3, -0.25) is 4.79 Å². The van der Waals surface area contributed by atoms with E-state index >= 15 is 0 Å². The second-order valence-electron chi connectivity index (χ2n) is 6.04. The largest absolute Gasteiger partial charge is 0.573 e. The summed E-state index contributed by atoms with van der Waals surface area (Å²) >= 11 is 0.